The van der Waals surface area contributed by atoms with E-state index in [1.165, 1.54) is 24.3 Å². The van der Waals surface area contributed by atoms with Gasteiger partial charge in [-0.3, -0.25) is 14.2 Å². The van der Waals surface area contributed by atoms with Gasteiger partial charge in [-0.1, -0.05) is 18.2 Å². The molecular weight excluding hydrogens is 363 g/mol. The fraction of sp³-hybridized carbons (Fsp3) is 0.250. The molecule has 5 nitrogen and oxygen atoms in total. The molecule has 0 atom stereocenters. The zero-order valence-electron chi connectivity index (χ0n) is 12.9. The van der Waals surface area contributed by atoms with Gasteiger partial charge in [0.2, 0.25) is 0 Å². The minimum absolute atomic E-state index is 0.0691. The predicted molar refractivity (Wildman–Crippen MR) is 80.1 cm³/mol. The molecule has 0 radical (unpaired) electrons. The first-order chi connectivity index (χ1) is 12.2. The highest BCUT2D eigenvalue weighted by molar-refractivity contribution is 6.00. The fourth-order valence-electron chi connectivity index (χ4n) is 2.69. The van der Waals surface area contributed by atoms with Crippen LogP contribution < -0.4 is 15.6 Å². The summed E-state index contributed by atoms with van der Waals surface area (Å²) < 4.78 is 68.5. The Hall–Kier alpha value is -2.91. The Morgan fingerprint density at radius 3 is 2.50 bits per heavy atom. The topological polar surface area (TPSA) is 60.3 Å². The number of rotatable bonds is 4. The summed E-state index contributed by atoms with van der Waals surface area (Å²) in [5.41, 5.74) is -1.51. The number of carbonyl (C=O) groups excluding carboxylic acids is 1. The van der Waals surface area contributed by atoms with Crippen LogP contribution in [0.5, 0.6) is 5.75 Å². The number of benzene rings is 1. The average molecular weight is 374 g/mol. The lowest BCUT2D eigenvalue weighted by Gasteiger charge is -2.16. The number of carbonyl (C=O) groups is 1. The van der Waals surface area contributed by atoms with Gasteiger partial charge in [-0.05, 0) is 11.6 Å². The molecule has 10 heteroatoms. The van der Waals surface area contributed by atoms with Gasteiger partial charge in [0.25, 0.3) is 11.5 Å². The van der Waals surface area contributed by atoms with Crippen LogP contribution in [-0.4, -0.2) is 23.3 Å². The number of halogens is 5. The van der Waals surface area contributed by atoms with Crippen molar-refractivity contribution in [1.82, 2.24) is 9.88 Å². The lowest BCUT2D eigenvalue weighted by molar-refractivity contribution is -0.153. The normalized spacial score (nSPS) is 13.7. The fourth-order valence-corrected chi connectivity index (χ4v) is 2.69. The third-order valence-corrected chi connectivity index (χ3v) is 3.77. The summed E-state index contributed by atoms with van der Waals surface area (Å²) in [4.78, 5) is 24.3. The third kappa shape index (κ3) is 3.26. The molecule has 0 saturated heterocycles. The number of fused-ring (bicyclic) bond motifs is 1. The van der Waals surface area contributed by atoms with E-state index in [0.29, 0.717) is 0 Å². The van der Waals surface area contributed by atoms with Gasteiger partial charge < -0.3 is 10.1 Å². The number of pyridine rings is 1. The molecule has 1 aliphatic heterocycles. The van der Waals surface area contributed by atoms with Crippen LogP contribution in [0.4, 0.5) is 22.0 Å². The van der Waals surface area contributed by atoms with Crippen LogP contribution in [0, 0.1) is 0 Å². The number of nitrogens with zero attached hydrogens (tertiary/aromatic N) is 1. The smallest absolute Gasteiger partial charge is 0.422 e. The second-order valence-corrected chi connectivity index (χ2v) is 5.47. The van der Waals surface area contributed by atoms with Crippen LogP contribution in [0.2, 0.25) is 0 Å². The first-order valence-corrected chi connectivity index (χ1v) is 7.32. The molecule has 0 spiro atoms. The van der Waals surface area contributed by atoms with E-state index in [0.717, 1.165) is 6.20 Å². The van der Waals surface area contributed by atoms with Gasteiger partial charge in [0, 0.05) is 18.3 Å². The van der Waals surface area contributed by atoms with Crippen LogP contribution in [-0.2, 0) is 6.54 Å². The number of hydrogen-bond acceptors (Lipinski definition) is 3. The highest BCUT2D eigenvalue weighted by atomic mass is 19.4. The van der Waals surface area contributed by atoms with Crippen LogP contribution in [0.1, 0.15) is 22.5 Å². The third-order valence-electron chi connectivity index (χ3n) is 3.77. The molecule has 2 aromatic rings. The van der Waals surface area contributed by atoms with Crippen molar-refractivity contribution in [2.24, 2.45) is 0 Å². The van der Waals surface area contributed by atoms with Gasteiger partial charge >= 0.3 is 12.7 Å². The van der Waals surface area contributed by atoms with E-state index in [-0.39, 0.29) is 39.1 Å². The maximum Gasteiger partial charge on any atom is 0.422 e. The van der Waals surface area contributed by atoms with E-state index in [4.69, 9.17) is 4.74 Å². The summed E-state index contributed by atoms with van der Waals surface area (Å²) in [7, 11) is 0. The Kier molecular flexibility index (Phi) is 4.43. The Labute approximate surface area is 143 Å². The quantitative estimate of drug-likeness (QED) is 0.837. The van der Waals surface area contributed by atoms with Gasteiger partial charge in [-0.15, -0.1) is 0 Å². The predicted octanol–water partition coefficient (Wildman–Crippen LogP) is 3.09. The molecule has 1 aliphatic rings. The molecule has 3 rings (SSSR count). The highest BCUT2D eigenvalue weighted by Gasteiger charge is 2.31. The van der Waals surface area contributed by atoms with Crippen molar-refractivity contribution in [1.29, 1.82) is 0 Å². The molecule has 0 fully saturated rings. The second-order valence-electron chi connectivity index (χ2n) is 5.47. The van der Waals surface area contributed by atoms with E-state index in [2.05, 4.69) is 5.32 Å². The van der Waals surface area contributed by atoms with Crippen molar-refractivity contribution in [2.75, 3.05) is 6.61 Å². The average Bonchev–Trinajstić information content (AvgIpc) is 2.93. The molecule has 0 saturated carbocycles. The van der Waals surface area contributed by atoms with Crippen molar-refractivity contribution in [3.8, 4) is 16.9 Å². The van der Waals surface area contributed by atoms with Gasteiger partial charge in [0.1, 0.15) is 5.75 Å². The Morgan fingerprint density at radius 1 is 1.15 bits per heavy atom. The Bertz CT molecular complexity index is 921. The number of amides is 1. The summed E-state index contributed by atoms with van der Waals surface area (Å²) in [5, 5.41) is 2.41. The maximum atomic E-state index is 13.2. The molecule has 0 unspecified atom stereocenters. The standard InChI is InChI=1S/C16H11F5N2O3/c17-15(18)23-6-10-9(5-22-13(10)24)12(14(23)25)8-3-1-2-4-11(8)26-7-16(19,20)21/h1-4,6,15H,5,7H2,(H,22,24). The van der Waals surface area contributed by atoms with Crippen LogP contribution >= 0.6 is 0 Å². The van der Waals surface area contributed by atoms with Crippen molar-refractivity contribution < 1.29 is 31.5 Å². The van der Waals surface area contributed by atoms with E-state index in [1.54, 1.807) is 0 Å². The van der Waals surface area contributed by atoms with Gasteiger partial charge in [0.05, 0.1) is 11.1 Å². The first-order valence-electron chi connectivity index (χ1n) is 7.32. The van der Waals surface area contributed by atoms with Crippen LogP contribution in [0.3, 0.4) is 0 Å². The number of aromatic nitrogens is 1. The van der Waals surface area contributed by atoms with Crippen molar-refractivity contribution in [3.05, 3.63) is 51.9 Å². The first kappa shape index (κ1) is 17.9. The van der Waals surface area contributed by atoms with Crippen molar-refractivity contribution >= 4 is 5.91 Å². The lowest BCUT2D eigenvalue weighted by atomic mass is 9.98. The second kappa shape index (κ2) is 6.43. The summed E-state index contributed by atoms with van der Waals surface area (Å²) in [6.45, 7) is -4.93. The highest BCUT2D eigenvalue weighted by Crippen LogP contribution is 2.34. The molecule has 1 amide bonds. The summed E-state index contributed by atoms with van der Waals surface area (Å²) in [6.07, 6.45) is -3.88. The van der Waals surface area contributed by atoms with E-state index >= 15 is 0 Å². The van der Waals surface area contributed by atoms with Crippen LogP contribution in [0.25, 0.3) is 11.1 Å². The largest absolute Gasteiger partial charge is 0.483 e. The summed E-state index contributed by atoms with van der Waals surface area (Å²) >= 11 is 0. The lowest BCUT2D eigenvalue weighted by Crippen LogP contribution is -2.25. The molecule has 1 N–H and O–H groups in total. The number of para-hydroxylation sites is 1. The van der Waals surface area contributed by atoms with E-state index in [1.807, 2.05) is 0 Å². The molecule has 1 aromatic heterocycles. The molecule has 0 bridgehead atoms. The van der Waals surface area contributed by atoms with E-state index in [9.17, 15) is 31.5 Å². The van der Waals surface area contributed by atoms with Gasteiger partial charge in [0.15, 0.2) is 6.61 Å². The van der Waals surface area contributed by atoms with E-state index < -0.39 is 30.8 Å². The van der Waals surface area contributed by atoms with Gasteiger partial charge in [-0.2, -0.15) is 22.0 Å². The zero-order chi connectivity index (χ0) is 19.1. The van der Waals surface area contributed by atoms with Gasteiger partial charge in [-0.25, -0.2) is 0 Å². The number of nitrogens with one attached hydrogen (secondary N) is 1. The Balaban J connectivity index is 2.21. The molecule has 1 aromatic carbocycles. The van der Waals surface area contributed by atoms with Crippen molar-refractivity contribution in [2.45, 2.75) is 19.3 Å². The SMILES string of the molecule is O=C1NCc2c1cn(C(F)F)c(=O)c2-c1ccccc1OCC(F)(F)F. The molecular formula is C16H11F5N2O3. The maximum absolute atomic E-state index is 13.2. The monoisotopic (exact) mass is 374 g/mol. The minimum Gasteiger partial charge on any atom is -0.483 e. The number of ether oxygens (including phenoxy) is 1. The van der Waals surface area contributed by atoms with Crippen LogP contribution in [0.15, 0.2) is 35.3 Å². The molecule has 26 heavy (non-hydrogen) atoms. The summed E-state index contributed by atoms with van der Waals surface area (Å²) in [5.74, 6) is -0.945. The zero-order valence-corrected chi connectivity index (χ0v) is 12.9. The number of alkyl halides is 5. The molecule has 2 heterocycles. The molecule has 0 aliphatic carbocycles. The minimum atomic E-state index is -4.62. The molecule has 138 valence electrons. The summed E-state index contributed by atoms with van der Waals surface area (Å²) in [6, 6.07) is 5.27. The van der Waals surface area contributed by atoms with Crippen molar-refractivity contribution in [3.63, 3.8) is 0 Å². The number of hydrogen-bond donors (Lipinski definition) is 1. The Morgan fingerprint density at radius 2 is 1.85 bits per heavy atom.